The van der Waals surface area contributed by atoms with Crippen molar-refractivity contribution in [2.24, 2.45) is 0 Å². The Morgan fingerprint density at radius 2 is 2.42 bits per heavy atom. The van der Waals surface area contributed by atoms with E-state index in [2.05, 4.69) is 10.3 Å². The number of pyridine rings is 1. The normalized spacial score (nSPS) is 18.6. The molecule has 1 aliphatic rings. The highest BCUT2D eigenvalue weighted by Crippen LogP contribution is 2.23. The molecule has 0 bridgehead atoms. The molecule has 0 aromatic carbocycles. The van der Waals surface area contributed by atoms with E-state index in [9.17, 15) is 4.79 Å². The van der Waals surface area contributed by atoms with Crippen LogP contribution in [0.1, 0.15) is 26.0 Å². The summed E-state index contributed by atoms with van der Waals surface area (Å²) in [7, 11) is 0. The molecule has 2 rings (SSSR count). The molecule has 1 atom stereocenters. The number of carbonyl (C=O) groups is 1. The maximum absolute atomic E-state index is 12.3. The van der Waals surface area contributed by atoms with Crippen LogP contribution in [-0.4, -0.2) is 39.5 Å². The number of nitrogens with one attached hydrogen (secondary N) is 1. The van der Waals surface area contributed by atoms with E-state index in [1.54, 1.807) is 6.20 Å². The predicted octanol–water partition coefficient (Wildman–Crippen LogP) is 2.51. The Balaban J connectivity index is 2.07. The Labute approximate surface area is 119 Å². The second-order valence-corrected chi connectivity index (χ2v) is 6.22. The van der Waals surface area contributed by atoms with E-state index in [0.29, 0.717) is 12.6 Å². The van der Waals surface area contributed by atoms with E-state index in [-0.39, 0.29) is 12.1 Å². The molecule has 104 valence electrons. The summed E-state index contributed by atoms with van der Waals surface area (Å²) in [4.78, 5) is 18.6. The van der Waals surface area contributed by atoms with Gasteiger partial charge in [0.2, 0.25) is 0 Å². The van der Waals surface area contributed by atoms with Crippen LogP contribution in [0.15, 0.2) is 24.4 Å². The van der Waals surface area contributed by atoms with Gasteiger partial charge >= 0.3 is 6.03 Å². The van der Waals surface area contributed by atoms with Crippen LogP contribution in [0.4, 0.5) is 4.79 Å². The molecule has 0 saturated carbocycles. The molecule has 0 unspecified atom stereocenters. The molecule has 2 heterocycles. The Morgan fingerprint density at radius 3 is 3.00 bits per heavy atom. The van der Waals surface area contributed by atoms with Gasteiger partial charge in [0, 0.05) is 24.0 Å². The third kappa shape index (κ3) is 4.13. The minimum absolute atomic E-state index is 0.0214. The molecule has 19 heavy (non-hydrogen) atoms. The summed E-state index contributed by atoms with van der Waals surface area (Å²) >= 11 is 1.92. The second-order valence-electron chi connectivity index (χ2n) is 5.07. The summed E-state index contributed by atoms with van der Waals surface area (Å²) in [5.41, 5.74) is 0.943. The molecule has 1 aromatic heterocycles. The lowest BCUT2D eigenvalue weighted by Gasteiger charge is -2.29. The molecule has 5 heteroatoms. The lowest BCUT2D eigenvalue weighted by atomic mass is 10.2. The number of rotatable bonds is 4. The Bertz CT molecular complexity index is 404. The summed E-state index contributed by atoms with van der Waals surface area (Å²) in [5.74, 6) is 2.16. The Hall–Kier alpha value is -1.23. The number of urea groups is 1. The van der Waals surface area contributed by atoms with E-state index < -0.39 is 0 Å². The number of hydrogen-bond donors (Lipinski definition) is 1. The fourth-order valence-corrected chi connectivity index (χ4v) is 3.35. The Kier molecular flexibility index (Phi) is 5.07. The molecule has 0 aliphatic carbocycles. The van der Waals surface area contributed by atoms with Crippen molar-refractivity contribution in [3.8, 4) is 0 Å². The van der Waals surface area contributed by atoms with Gasteiger partial charge in [-0.1, -0.05) is 6.07 Å². The first-order valence-corrected chi connectivity index (χ1v) is 7.87. The lowest BCUT2D eigenvalue weighted by Crippen LogP contribution is -2.47. The van der Waals surface area contributed by atoms with Crippen molar-refractivity contribution in [3.05, 3.63) is 30.1 Å². The smallest absolute Gasteiger partial charge is 0.318 e. The minimum atomic E-state index is 0.0214. The largest absolute Gasteiger partial charge is 0.336 e. The molecule has 1 aliphatic heterocycles. The zero-order chi connectivity index (χ0) is 13.7. The van der Waals surface area contributed by atoms with E-state index in [1.807, 2.05) is 48.7 Å². The van der Waals surface area contributed by atoms with Crippen LogP contribution < -0.4 is 5.32 Å². The van der Waals surface area contributed by atoms with Gasteiger partial charge in [-0.15, -0.1) is 0 Å². The topological polar surface area (TPSA) is 45.2 Å². The fraction of sp³-hybridized carbons (Fsp3) is 0.571. The van der Waals surface area contributed by atoms with Gasteiger partial charge in [-0.25, -0.2) is 4.79 Å². The molecule has 4 nitrogen and oxygen atoms in total. The van der Waals surface area contributed by atoms with Crippen molar-refractivity contribution in [2.45, 2.75) is 38.9 Å². The first-order valence-electron chi connectivity index (χ1n) is 6.71. The number of aromatic nitrogens is 1. The third-order valence-corrected chi connectivity index (χ3v) is 4.22. The average molecular weight is 279 g/mol. The molecule has 1 fully saturated rings. The molecule has 1 aromatic rings. The van der Waals surface area contributed by atoms with Gasteiger partial charge < -0.3 is 10.2 Å². The molecular formula is C14H21N3OS. The third-order valence-electron chi connectivity index (χ3n) is 3.08. The first-order chi connectivity index (χ1) is 9.16. The highest BCUT2D eigenvalue weighted by atomic mass is 32.2. The monoisotopic (exact) mass is 279 g/mol. The Morgan fingerprint density at radius 1 is 1.58 bits per heavy atom. The van der Waals surface area contributed by atoms with Gasteiger partial charge in [-0.2, -0.15) is 11.8 Å². The second kappa shape index (κ2) is 6.80. The van der Waals surface area contributed by atoms with Crippen molar-refractivity contribution in [2.75, 3.05) is 11.5 Å². The van der Waals surface area contributed by atoms with Crippen LogP contribution in [0.3, 0.4) is 0 Å². The average Bonchev–Trinajstić information content (AvgIpc) is 2.90. The molecule has 0 spiro atoms. The van der Waals surface area contributed by atoms with E-state index in [4.69, 9.17) is 0 Å². The van der Waals surface area contributed by atoms with Crippen LogP contribution in [0, 0.1) is 0 Å². The maximum atomic E-state index is 12.3. The number of amides is 2. The zero-order valence-corrected chi connectivity index (χ0v) is 12.3. The standard InChI is InChI=1S/C14H21N3OS/c1-11(2)16-14(18)17(13-6-8-19-10-13)9-12-5-3-4-7-15-12/h3-5,7,11,13H,6,8-10H2,1-2H3,(H,16,18)/t13-/m1/s1. The number of carbonyl (C=O) groups excluding carboxylic acids is 1. The number of nitrogens with zero attached hydrogens (tertiary/aromatic N) is 2. The summed E-state index contributed by atoms with van der Waals surface area (Å²) < 4.78 is 0. The van der Waals surface area contributed by atoms with E-state index >= 15 is 0 Å². The van der Waals surface area contributed by atoms with Crippen molar-refractivity contribution in [3.63, 3.8) is 0 Å². The lowest BCUT2D eigenvalue weighted by molar-refractivity contribution is 0.173. The van der Waals surface area contributed by atoms with E-state index in [1.165, 1.54) is 0 Å². The molecule has 1 saturated heterocycles. The van der Waals surface area contributed by atoms with Gasteiger partial charge in [0.25, 0.3) is 0 Å². The zero-order valence-electron chi connectivity index (χ0n) is 11.5. The molecule has 0 radical (unpaired) electrons. The van der Waals surface area contributed by atoms with Crippen LogP contribution >= 0.6 is 11.8 Å². The summed E-state index contributed by atoms with van der Waals surface area (Å²) in [6, 6.07) is 6.34. The summed E-state index contributed by atoms with van der Waals surface area (Å²) in [6.07, 6.45) is 2.85. The first kappa shape index (κ1) is 14.2. The minimum Gasteiger partial charge on any atom is -0.336 e. The number of hydrogen-bond acceptors (Lipinski definition) is 3. The van der Waals surface area contributed by atoms with Gasteiger partial charge in [0.05, 0.1) is 12.2 Å². The summed E-state index contributed by atoms with van der Waals surface area (Å²) in [6.45, 7) is 4.56. The highest BCUT2D eigenvalue weighted by Gasteiger charge is 2.27. The van der Waals surface area contributed by atoms with Gasteiger partial charge in [0.1, 0.15) is 0 Å². The van der Waals surface area contributed by atoms with Crippen LogP contribution in [0.2, 0.25) is 0 Å². The van der Waals surface area contributed by atoms with Gasteiger partial charge in [-0.05, 0) is 38.2 Å². The SMILES string of the molecule is CC(C)NC(=O)N(Cc1ccccn1)[C@@H]1CCSC1. The van der Waals surface area contributed by atoms with Crippen molar-refractivity contribution in [1.29, 1.82) is 0 Å². The molecule has 2 amide bonds. The fourth-order valence-electron chi connectivity index (χ4n) is 2.13. The van der Waals surface area contributed by atoms with E-state index in [0.717, 1.165) is 23.6 Å². The van der Waals surface area contributed by atoms with Crippen molar-refractivity contribution >= 4 is 17.8 Å². The van der Waals surface area contributed by atoms with Crippen molar-refractivity contribution in [1.82, 2.24) is 15.2 Å². The quantitative estimate of drug-likeness (QED) is 0.921. The van der Waals surface area contributed by atoms with Crippen LogP contribution in [-0.2, 0) is 6.54 Å². The highest BCUT2D eigenvalue weighted by molar-refractivity contribution is 7.99. The van der Waals surface area contributed by atoms with Gasteiger partial charge in [0.15, 0.2) is 0 Å². The maximum Gasteiger partial charge on any atom is 0.318 e. The molecule has 1 N–H and O–H groups in total. The molecular weight excluding hydrogens is 258 g/mol. The van der Waals surface area contributed by atoms with Crippen LogP contribution in [0.25, 0.3) is 0 Å². The van der Waals surface area contributed by atoms with Crippen molar-refractivity contribution < 1.29 is 4.79 Å². The predicted molar refractivity (Wildman–Crippen MR) is 79.2 cm³/mol. The van der Waals surface area contributed by atoms with Crippen LogP contribution in [0.5, 0.6) is 0 Å². The van der Waals surface area contributed by atoms with Gasteiger partial charge in [-0.3, -0.25) is 4.98 Å². The summed E-state index contributed by atoms with van der Waals surface area (Å²) in [5, 5.41) is 2.99. The number of thioether (sulfide) groups is 1.